The van der Waals surface area contributed by atoms with Crippen LogP contribution in [0.3, 0.4) is 0 Å². The molecule has 0 saturated heterocycles. The van der Waals surface area contributed by atoms with Crippen LogP contribution in [0.5, 0.6) is 0 Å². The number of carbonyl (C=O) groups is 1. The van der Waals surface area contributed by atoms with Gasteiger partial charge in [-0.25, -0.2) is 4.99 Å². The van der Waals surface area contributed by atoms with Crippen LogP contribution in [-0.4, -0.2) is 15.2 Å². The molecule has 0 saturated carbocycles. The molecule has 2 rings (SSSR count). The van der Waals surface area contributed by atoms with Crippen LogP contribution in [0.1, 0.15) is 9.75 Å². The molecule has 1 aliphatic rings. The zero-order valence-corrected chi connectivity index (χ0v) is 11.8. The molecule has 0 unspecified atom stereocenters. The summed E-state index contributed by atoms with van der Waals surface area (Å²) in [5.74, 6) is 0.782. The van der Waals surface area contributed by atoms with Gasteiger partial charge in [0.15, 0.2) is 0 Å². The molecule has 0 atom stereocenters. The molecule has 2 nitrogen and oxygen atoms in total. The van der Waals surface area contributed by atoms with Crippen LogP contribution in [0.2, 0.25) is 0 Å². The highest BCUT2D eigenvalue weighted by molar-refractivity contribution is 8.45. The van der Waals surface area contributed by atoms with Gasteiger partial charge in [-0.3, -0.25) is 4.79 Å². The van der Waals surface area contributed by atoms with Gasteiger partial charge in [0.1, 0.15) is 10.1 Å². The molecule has 1 aliphatic heterocycles. The number of hydrogen-bond acceptors (Lipinski definition) is 5. The highest BCUT2D eigenvalue weighted by Gasteiger charge is 2.22. The van der Waals surface area contributed by atoms with E-state index in [0.717, 1.165) is 15.0 Å². The number of rotatable bonds is 3. The molecule has 88 valence electrons. The molecule has 2 heterocycles. The largest absolute Gasteiger partial charge is 0.279 e. The first-order valence-corrected chi connectivity index (χ1v) is 7.63. The second-order valence-corrected chi connectivity index (χ2v) is 6.89. The standard InChI is InChI=1S/C12H11NOS3/c1-3-6-15-12-13-10(11(14)17-12)7-9-5-4-8(2)16-9/h3-5,7H,1,6H2,2H3/b10-7+. The van der Waals surface area contributed by atoms with E-state index in [1.165, 1.54) is 16.6 Å². The van der Waals surface area contributed by atoms with Crippen molar-refractivity contribution < 1.29 is 4.79 Å². The van der Waals surface area contributed by atoms with Crippen LogP contribution in [0.25, 0.3) is 6.08 Å². The third kappa shape index (κ3) is 3.34. The topological polar surface area (TPSA) is 29.4 Å². The number of thioether (sulfide) groups is 2. The van der Waals surface area contributed by atoms with Gasteiger partial charge < -0.3 is 0 Å². The summed E-state index contributed by atoms with van der Waals surface area (Å²) in [4.78, 5) is 18.3. The third-order valence-electron chi connectivity index (χ3n) is 1.97. The molecule has 0 amide bonds. The second kappa shape index (κ2) is 5.71. The van der Waals surface area contributed by atoms with Crippen molar-refractivity contribution in [1.29, 1.82) is 0 Å². The molecule has 5 heteroatoms. The molecule has 0 aliphatic carbocycles. The summed E-state index contributed by atoms with van der Waals surface area (Å²) >= 11 is 4.41. The Bertz CT molecular complexity index is 514. The summed E-state index contributed by atoms with van der Waals surface area (Å²) in [6.07, 6.45) is 3.66. The maximum Gasteiger partial charge on any atom is 0.244 e. The smallest absolute Gasteiger partial charge is 0.244 e. The summed E-state index contributed by atoms with van der Waals surface area (Å²) in [5, 5.41) is 0.0302. The first kappa shape index (κ1) is 12.7. The average Bonchev–Trinajstić information content (AvgIpc) is 2.84. The predicted molar refractivity (Wildman–Crippen MR) is 79.7 cm³/mol. The Morgan fingerprint density at radius 1 is 1.53 bits per heavy atom. The lowest BCUT2D eigenvalue weighted by Crippen LogP contribution is -1.87. The number of hydrogen-bond donors (Lipinski definition) is 0. The molecule has 0 fully saturated rings. The molecule has 1 aromatic heterocycles. The third-order valence-corrected chi connectivity index (χ3v) is 4.92. The van der Waals surface area contributed by atoms with Crippen LogP contribution in [0, 0.1) is 6.92 Å². The summed E-state index contributed by atoms with van der Waals surface area (Å²) in [6.45, 7) is 5.70. The summed E-state index contributed by atoms with van der Waals surface area (Å²) in [6, 6.07) is 4.05. The molecule has 0 aromatic carbocycles. The van der Waals surface area contributed by atoms with Crippen molar-refractivity contribution >= 4 is 50.4 Å². The van der Waals surface area contributed by atoms with Crippen molar-refractivity contribution in [2.24, 2.45) is 4.99 Å². The maximum absolute atomic E-state index is 11.7. The molecule has 0 bridgehead atoms. The summed E-state index contributed by atoms with van der Waals surface area (Å²) < 4.78 is 0.814. The van der Waals surface area contributed by atoms with Crippen molar-refractivity contribution in [3.63, 3.8) is 0 Å². The molecular weight excluding hydrogens is 270 g/mol. The minimum atomic E-state index is 0.0302. The summed E-state index contributed by atoms with van der Waals surface area (Å²) in [5.41, 5.74) is 0.545. The van der Waals surface area contributed by atoms with Crippen LogP contribution in [0.4, 0.5) is 0 Å². The minimum Gasteiger partial charge on any atom is -0.279 e. The average molecular weight is 281 g/mol. The van der Waals surface area contributed by atoms with Crippen LogP contribution < -0.4 is 0 Å². The van der Waals surface area contributed by atoms with E-state index < -0.39 is 0 Å². The van der Waals surface area contributed by atoms with Crippen molar-refractivity contribution in [2.75, 3.05) is 5.75 Å². The Kier molecular flexibility index (Phi) is 4.25. The van der Waals surface area contributed by atoms with Gasteiger partial charge in [0, 0.05) is 15.5 Å². The van der Waals surface area contributed by atoms with E-state index in [1.54, 1.807) is 23.1 Å². The van der Waals surface area contributed by atoms with E-state index in [1.807, 2.05) is 31.2 Å². The predicted octanol–water partition coefficient (Wildman–Crippen LogP) is 3.95. The molecule has 0 N–H and O–H groups in total. The first-order chi connectivity index (χ1) is 8.19. The van der Waals surface area contributed by atoms with Gasteiger partial charge in [0.25, 0.3) is 0 Å². The molecule has 17 heavy (non-hydrogen) atoms. The van der Waals surface area contributed by atoms with Crippen LogP contribution >= 0.6 is 34.9 Å². The first-order valence-electron chi connectivity index (χ1n) is 5.02. The lowest BCUT2D eigenvalue weighted by molar-refractivity contribution is -0.107. The van der Waals surface area contributed by atoms with Gasteiger partial charge >= 0.3 is 0 Å². The minimum absolute atomic E-state index is 0.0302. The number of thiophene rings is 1. The molecule has 1 aromatic rings. The summed E-state index contributed by atoms with van der Waals surface area (Å²) in [7, 11) is 0. The van der Waals surface area contributed by atoms with Crippen molar-refractivity contribution in [1.82, 2.24) is 0 Å². The van der Waals surface area contributed by atoms with Crippen molar-refractivity contribution in [2.45, 2.75) is 6.92 Å². The van der Waals surface area contributed by atoms with E-state index in [2.05, 4.69) is 11.6 Å². The Balaban J connectivity index is 2.15. The van der Waals surface area contributed by atoms with Gasteiger partial charge in [-0.2, -0.15) is 0 Å². The zero-order valence-electron chi connectivity index (χ0n) is 9.30. The molecular formula is C12H11NOS3. The van der Waals surface area contributed by atoms with E-state index >= 15 is 0 Å². The lowest BCUT2D eigenvalue weighted by Gasteiger charge is -1.90. The van der Waals surface area contributed by atoms with Gasteiger partial charge in [-0.1, -0.05) is 17.8 Å². The number of aliphatic imine (C=N–C) groups is 1. The fraction of sp³-hybridized carbons (Fsp3) is 0.167. The van der Waals surface area contributed by atoms with Crippen LogP contribution in [-0.2, 0) is 4.79 Å². The van der Waals surface area contributed by atoms with Gasteiger partial charge in [-0.05, 0) is 36.9 Å². The van der Waals surface area contributed by atoms with Gasteiger partial charge in [-0.15, -0.1) is 17.9 Å². The van der Waals surface area contributed by atoms with E-state index in [9.17, 15) is 4.79 Å². The fourth-order valence-corrected chi connectivity index (χ4v) is 3.66. The highest BCUT2D eigenvalue weighted by atomic mass is 32.2. The Hall–Kier alpha value is -0.780. The SMILES string of the molecule is C=CCSC1=N/C(=C/c2ccc(C)s2)C(=O)S1. The van der Waals surface area contributed by atoms with E-state index in [-0.39, 0.29) is 5.12 Å². The second-order valence-electron chi connectivity index (χ2n) is 3.34. The molecule has 0 radical (unpaired) electrons. The Labute approximate surface area is 113 Å². The molecule has 0 spiro atoms. The monoisotopic (exact) mass is 281 g/mol. The number of aryl methyl sites for hydroxylation is 1. The fourth-order valence-electron chi connectivity index (χ4n) is 1.25. The van der Waals surface area contributed by atoms with Gasteiger partial charge in [0.2, 0.25) is 5.12 Å². The Morgan fingerprint density at radius 3 is 3.00 bits per heavy atom. The zero-order chi connectivity index (χ0) is 12.3. The van der Waals surface area contributed by atoms with E-state index in [0.29, 0.717) is 5.70 Å². The Morgan fingerprint density at radius 2 is 2.35 bits per heavy atom. The normalized spacial score (nSPS) is 17.6. The lowest BCUT2D eigenvalue weighted by atomic mass is 10.3. The van der Waals surface area contributed by atoms with Crippen molar-refractivity contribution in [3.8, 4) is 0 Å². The van der Waals surface area contributed by atoms with Crippen molar-refractivity contribution in [3.05, 3.63) is 40.2 Å². The maximum atomic E-state index is 11.7. The number of nitrogens with zero attached hydrogens (tertiary/aromatic N) is 1. The number of carbonyl (C=O) groups excluding carboxylic acids is 1. The van der Waals surface area contributed by atoms with Crippen LogP contribution in [0.15, 0.2) is 35.5 Å². The van der Waals surface area contributed by atoms with Gasteiger partial charge in [0.05, 0.1) is 0 Å². The highest BCUT2D eigenvalue weighted by Crippen LogP contribution is 2.31. The van der Waals surface area contributed by atoms with E-state index in [4.69, 9.17) is 0 Å². The quantitative estimate of drug-likeness (QED) is 0.620.